The van der Waals surface area contributed by atoms with E-state index in [4.69, 9.17) is 0 Å². The van der Waals surface area contributed by atoms with Gasteiger partial charge in [-0.2, -0.15) is 0 Å². The molecule has 0 saturated heterocycles. The van der Waals surface area contributed by atoms with Crippen molar-refractivity contribution < 1.29 is 32.1 Å². The summed E-state index contributed by atoms with van der Waals surface area (Å²) in [6, 6.07) is -0.877. The molecule has 4 nitrogen and oxygen atoms in total. The molecule has 0 bridgehead atoms. The third-order valence-corrected chi connectivity index (χ3v) is 1.20. The maximum Gasteiger partial charge on any atom is 2.00 e. The van der Waals surface area contributed by atoms with Crippen molar-refractivity contribution in [2.24, 2.45) is 4.99 Å². The number of carboxylic acid groups (broad SMARTS) is 1. The number of aliphatic carboxylic acids is 1. The van der Waals surface area contributed by atoms with Crippen LogP contribution in [0.5, 0.6) is 0 Å². The minimum atomic E-state index is -1.25. The summed E-state index contributed by atoms with van der Waals surface area (Å²) in [5, 5.41) is 20.3. The average Bonchev–Trinajstić information content (AvgIpc) is 2.14. The topological polar surface area (TPSA) is 75.5 Å². The van der Waals surface area contributed by atoms with Crippen LogP contribution in [-0.4, -0.2) is 17.9 Å². The maximum absolute atomic E-state index is 10.3. The van der Waals surface area contributed by atoms with Crippen LogP contribution in [0.4, 0.5) is 0 Å². The molecule has 0 aromatic heterocycles. The SMILES string of the molecule is O=C([O-])C1CCC([O-])=N1.[Cu+2]. The molecule has 1 aliphatic rings. The Morgan fingerprint density at radius 2 is 2.30 bits per heavy atom. The largest absolute Gasteiger partial charge is 2.00 e. The minimum absolute atomic E-state index is 0. The number of aliphatic imine (C=N–C) groups is 1. The molecule has 5 heteroatoms. The zero-order valence-electron chi connectivity index (χ0n) is 4.97. The molecule has 1 rings (SSSR count). The Labute approximate surface area is 68.4 Å². The summed E-state index contributed by atoms with van der Waals surface area (Å²) < 4.78 is 0. The van der Waals surface area contributed by atoms with Gasteiger partial charge in [0.2, 0.25) is 0 Å². The first kappa shape index (κ1) is 9.46. The molecule has 0 aliphatic carbocycles. The number of hydrogen-bond donors (Lipinski definition) is 0. The molecule has 1 radical (unpaired) electrons. The summed E-state index contributed by atoms with van der Waals surface area (Å²) >= 11 is 0. The van der Waals surface area contributed by atoms with Crippen molar-refractivity contribution in [3.05, 3.63) is 0 Å². The second-order valence-corrected chi connectivity index (χ2v) is 1.90. The van der Waals surface area contributed by atoms with Crippen LogP contribution in [0.15, 0.2) is 4.99 Å². The zero-order chi connectivity index (χ0) is 6.85. The number of carbonyl (C=O) groups is 1. The first-order chi connectivity index (χ1) is 4.20. The molecule has 0 saturated carbocycles. The summed E-state index contributed by atoms with van der Waals surface area (Å²) in [4.78, 5) is 13.3. The predicted molar refractivity (Wildman–Crippen MR) is 25.5 cm³/mol. The molecular weight excluding hydrogens is 186 g/mol. The van der Waals surface area contributed by atoms with Crippen LogP contribution in [0.2, 0.25) is 0 Å². The molecule has 0 amide bonds. The van der Waals surface area contributed by atoms with Crippen molar-refractivity contribution in [1.82, 2.24) is 0 Å². The fourth-order valence-corrected chi connectivity index (χ4v) is 0.734. The summed E-state index contributed by atoms with van der Waals surface area (Å²) in [6.45, 7) is 0. The second kappa shape index (κ2) is 3.58. The number of rotatable bonds is 1. The second-order valence-electron chi connectivity index (χ2n) is 1.90. The molecule has 59 valence electrons. The van der Waals surface area contributed by atoms with E-state index < -0.39 is 12.0 Å². The Balaban J connectivity index is 0.000000810. The summed E-state index contributed by atoms with van der Waals surface area (Å²) in [6.07, 6.45) is 0.555. The van der Waals surface area contributed by atoms with Crippen LogP contribution in [0, 0.1) is 0 Å². The van der Waals surface area contributed by atoms with Gasteiger partial charge in [-0.3, -0.25) is 4.99 Å². The van der Waals surface area contributed by atoms with Crippen LogP contribution >= 0.6 is 0 Å². The smallest absolute Gasteiger partial charge is 0.862 e. The van der Waals surface area contributed by atoms with E-state index in [2.05, 4.69) is 4.99 Å². The fourth-order valence-electron chi connectivity index (χ4n) is 0.734. The van der Waals surface area contributed by atoms with Gasteiger partial charge in [0.15, 0.2) is 0 Å². The first-order valence-corrected chi connectivity index (χ1v) is 2.64. The van der Waals surface area contributed by atoms with E-state index >= 15 is 0 Å². The number of carboxylic acids is 1. The number of hydrogen-bond acceptors (Lipinski definition) is 4. The van der Waals surface area contributed by atoms with E-state index in [9.17, 15) is 15.0 Å². The average molecular weight is 191 g/mol. The van der Waals surface area contributed by atoms with Gasteiger partial charge in [0.05, 0.1) is 12.0 Å². The molecular formula is C5H5CuNO3. The molecule has 0 aromatic carbocycles. The van der Waals surface area contributed by atoms with Crippen molar-refractivity contribution >= 4 is 11.9 Å². The fraction of sp³-hybridized carbons (Fsp3) is 0.600. The van der Waals surface area contributed by atoms with E-state index in [0.717, 1.165) is 0 Å². The Bertz CT molecular complexity index is 168. The molecule has 1 atom stereocenters. The molecule has 0 spiro atoms. The van der Waals surface area contributed by atoms with Crippen LogP contribution in [0.3, 0.4) is 0 Å². The standard InChI is InChI=1S/C5H7NO3.Cu/c7-4-2-1-3(6-4)5(8)9;/h3H,1-2H2,(H,6,7)(H,8,9);/q;+2/p-2. The van der Waals surface area contributed by atoms with Crippen LogP contribution in [-0.2, 0) is 21.9 Å². The Morgan fingerprint density at radius 3 is 2.50 bits per heavy atom. The summed E-state index contributed by atoms with van der Waals surface area (Å²) in [7, 11) is 0. The molecule has 10 heavy (non-hydrogen) atoms. The Hall–Kier alpha value is -0.541. The van der Waals surface area contributed by atoms with Gasteiger partial charge in [-0.15, -0.1) is 0 Å². The minimum Gasteiger partial charge on any atom is -0.862 e. The summed E-state index contributed by atoms with van der Waals surface area (Å²) in [5.74, 6) is -1.58. The molecule has 0 N–H and O–H groups in total. The van der Waals surface area contributed by atoms with E-state index in [-0.39, 0.29) is 29.4 Å². The third-order valence-electron chi connectivity index (χ3n) is 1.20. The number of nitrogens with zero attached hydrogens (tertiary/aromatic N) is 1. The maximum atomic E-state index is 10.3. The van der Waals surface area contributed by atoms with E-state index in [0.29, 0.717) is 6.42 Å². The van der Waals surface area contributed by atoms with Crippen LogP contribution in [0.1, 0.15) is 12.8 Å². The Kier molecular flexibility index (Phi) is 3.39. The van der Waals surface area contributed by atoms with Gasteiger partial charge in [-0.1, -0.05) is 0 Å². The zero-order valence-corrected chi connectivity index (χ0v) is 5.91. The van der Waals surface area contributed by atoms with Gasteiger partial charge < -0.3 is 15.0 Å². The van der Waals surface area contributed by atoms with E-state index in [1.807, 2.05) is 0 Å². The van der Waals surface area contributed by atoms with Gasteiger partial charge in [0.1, 0.15) is 0 Å². The molecule has 0 fully saturated rings. The quantitative estimate of drug-likeness (QED) is 0.435. The third kappa shape index (κ3) is 2.00. The van der Waals surface area contributed by atoms with E-state index in [1.54, 1.807) is 0 Å². The summed E-state index contributed by atoms with van der Waals surface area (Å²) in [5.41, 5.74) is 0. The van der Waals surface area contributed by atoms with Crippen molar-refractivity contribution in [2.45, 2.75) is 18.9 Å². The van der Waals surface area contributed by atoms with Crippen molar-refractivity contribution in [3.63, 3.8) is 0 Å². The van der Waals surface area contributed by atoms with Crippen molar-refractivity contribution in [1.29, 1.82) is 0 Å². The van der Waals surface area contributed by atoms with Gasteiger partial charge >= 0.3 is 17.1 Å². The van der Waals surface area contributed by atoms with Gasteiger partial charge in [0, 0.05) is 0 Å². The number of carbonyl (C=O) groups excluding carboxylic acids is 1. The predicted octanol–water partition coefficient (Wildman–Crippen LogP) is -2.34. The van der Waals surface area contributed by atoms with Gasteiger partial charge in [-0.25, -0.2) is 0 Å². The molecule has 0 aromatic rings. The van der Waals surface area contributed by atoms with Crippen molar-refractivity contribution in [2.75, 3.05) is 0 Å². The van der Waals surface area contributed by atoms with Crippen LogP contribution < -0.4 is 10.2 Å². The van der Waals surface area contributed by atoms with Gasteiger partial charge in [-0.05, 0) is 18.7 Å². The van der Waals surface area contributed by atoms with Crippen LogP contribution in [0.25, 0.3) is 0 Å². The molecule has 1 unspecified atom stereocenters. The monoisotopic (exact) mass is 190 g/mol. The normalized spacial score (nSPS) is 23.2. The van der Waals surface area contributed by atoms with Gasteiger partial charge in [0.25, 0.3) is 0 Å². The molecule has 1 aliphatic heterocycles. The Morgan fingerprint density at radius 1 is 1.70 bits per heavy atom. The van der Waals surface area contributed by atoms with Crippen molar-refractivity contribution in [3.8, 4) is 0 Å². The van der Waals surface area contributed by atoms with E-state index in [1.165, 1.54) is 0 Å². The first-order valence-electron chi connectivity index (χ1n) is 2.64. The molecule has 1 heterocycles.